The quantitative estimate of drug-likeness (QED) is 0.301. The second-order valence-corrected chi connectivity index (χ2v) is 6.92. The van der Waals surface area contributed by atoms with Gasteiger partial charge in [-0.2, -0.15) is 0 Å². The second-order valence-electron chi connectivity index (χ2n) is 5.75. The van der Waals surface area contributed by atoms with Crippen molar-refractivity contribution >= 4 is 23.7 Å². The molecule has 1 fully saturated rings. The van der Waals surface area contributed by atoms with Gasteiger partial charge in [0, 0.05) is 30.8 Å². The summed E-state index contributed by atoms with van der Waals surface area (Å²) in [6, 6.07) is 8.62. The van der Waals surface area contributed by atoms with Crippen LogP contribution in [0.4, 0.5) is 0 Å². The Labute approximate surface area is 160 Å². The lowest BCUT2D eigenvalue weighted by Crippen LogP contribution is -2.59. The average Bonchev–Trinajstić information content (AvgIpc) is 2.63. The number of ether oxygens (including phenoxy) is 4. The Balaban J connectivity index is 2.32. The number of methoxy groups -OCH3 is 1. The van der Waals surface area contributed by atoms with Crippen LogP contribution in [0, 0.1) is 0 Å². The number of thioether (sulfide) groups is 1. The van der Waals surface area contributed by atoms with Crippen LogP contribution in [-0.2, 0) is 28.5 Å². The van der Waals surface area contributed by atoms with Crippen molar-refractivity contribution in [1.29, 1.82) is 0 Å². The van der Waals surface area contributed by atoms with Gasteiger partial charge in [0.25, 0.3) is 0 Å². The maximum atomic E-state index is 11.5. The van der Waals surface area contributed by atoms with Crippen LogP contribution < -0.4 is 0 Å². The van der Waals surface area contributed by atoms with E-state index >= 15 is 0 Å². The molecule has 9 nitrogen and oxygen atoms in total. The minimum Gasteiger partial charge on any atom is -0.463 e. The van der Waals surface area contributed by atoms with Gasteiger partial charge in [0.05, 0.1) is 0 Å². The van der Waals surface area contributed by atoms with E-state index in [9.17, 15) is 9.59 Å². The van der Waals surface area contributed by atoms with E-state index in [1.54, 1.807) is 0 Å². The van der Waals surface area contributed by atoms with Crippen molar-refractivity contribution in [2.45, 2.75) is 48.5 Å². The van der Waals surface area contributed by atoms with Gasteiger partial charge >= 0.3 is 11.9 Å². The highest BCUT2D eigenvalue weighted by molar-refractivity contribution is 7.99. The van der Waals surface area contributed by atoms with Crippen LogP contribution in [0.3, 0.4) is 0 Å². The minimum absolute atomic E-state index is 0.146. The summed E-state index contributed by atoms with van der Waals surface area (Å²) in [5.74, 6) is -1.07. The molecule has 0 N–H and O–H groups in total. The molecule has 5 unspecified atom stereocenters. The monoisotopic (exact) mass is 395 g/mol. The zero-order valence-electron chi connectivity index (χ0n) is 15.2. The van der Waals surface area contributed by atoms with E-state index in [2.05, 4.69) is 10.0 Å². The van der Waals surface area contributed by atoms with Crippen LogP contribution in [0.25, 0.3) is 10.4 Å². The van der Waals surface area contributed by atoms with Crippen LogP contribution in [0.5, 0.6) is 0 Å². The standard InChI is InChI=1S/C17H21N3O6S/c1-10(21)24-9-13-15(25-11(2)22)14(19-20-18)16(23-3)17(26-13)27-12-7-5-4-6-8-12/h4-8,13-17H,9H2,1-3H3. The molecule has 5 atom stereocenters. The minimum atomic E-state index is -0.949. The number of esters is 2. The van der Waals surface area contributed by atoms with Gasteiger partial charge in [-0.1, -0.05) is 35.1 Å². The summed E-state index contributed by atoms with van der Waals surface area (Å²) in [5, 5.41) is 3.78. The van der Waals surface area contributed by atoms with Gasteiger partial charge in [0.1, 0.15) is 36.4 Å². The molecular weight excluding hydrogens is 374 g/mol. The predicted molar refractivity (Wildman–Crippen MR) is 96.9 cm³/mol. The van der Waals surface area contributed by atoms with Gasteiger partial charge in [0.15, 0.2) is 0 Å². The molecule has 10 heteroatoms. The molecule has 2 rings (SSSR count). The maximum absolute atomic E-state index is 11.5. The van der Waals surface area contributed by atoms with Crippen LogP contribution in [-0.4, -0.2) is 55.4 Å². The molecule has 1 aliphatic rings. The van der Waals surface area contributed by atoms with Gasteiger partial charge in [-0.3, -0.25) is 9.59 Å². The third-order valence-corrected chi connectivity index (χ3v) is 4.98. The number of rotatable bonds is 7. The summed E-state index contributed by atoms with van der Waals surface area (Å²) in [5.41, 5.74) is 8.42. The molecule has 27 heavy (non-hydrogen) atoms. The highest BCUT2D eigenvalue weighted by Gasteiger charge is 2.48. The Kier molecular flexibility index (Phi) is 7.93. The third-order valence-electron chi connectivity index (χ3n) is 3.82. The SMILES string of the molecule is COC1C(Sc2ccccc2)OC(COC(C)=O)C(OC(C)=O)C1N=[N+]=[N-]. The lowest BCUT2D eigenvalue weighted by atomic mass is 9.97. The first-order chi connectivity index (χ1) is 13.0. The molecule has 1 aliphatic heterocycles. The van der Waals surface area contributed by atoms with Crippen LogP contribution >= 0.6 is 11.8 Å². The average molecular weight is 395 g/mol. The van der Waals surface area contributed by atoms with Crippen molar-refractivity contribution in [2.75, 3.05) is 13.7 Å². The van der Waals surface area contributed by atoms with E-state index in [1.165, 1.54) is 32.7 Å². The molecule has 0 aromatic heterocycles. The van der Waals surface area contributed by atoms with Crippen molar-refractivity contribution in [1.82, 2.24) is 0 Å². The van der Waals surface area contributed by atoms with Gasteiger partial charge < -0.3 is 18.9 Å². The molecule has 0 bridgehead atoms. The zero-order valence-corrected chi connectivity index (χ0v) is 16.0. The van der Waals surface area contributed by atoms with Crippen LogP contribution in [0.15, 0.2) is 40.3 Å². The van der Waals surface area contributed by atoms with Crippen molar-refractivity contribution < 1.29 is 28.5 Å². The largest absolute Gasteiger partial charge is 0.463 e. The number of hydrogen-bond donors (Lipinski definition) is 0. The Hall–Kier alpha value is -2.26. The molecule has 1 saturated heterocycles. The number of carbonyl (C=O) groups is 2. The highest BCUT2D eigenvalue weighted by atomic mass is 32.2. The normalized spacial score (nSPS) is 27.3. The molecule has 1 aromatic carbocycles. The van der Waals surface area contributed by atoms with E-state index in [-0.39, 0.29) is 6.61 Å². The number of benzene rings is 1. The Morgan fingerprint density at radius 1 is 1.22 bits per heavy atom. The topological polar surface area (TPSA) is 120 Å². The molecule has 0 amide bonds. The summed E-state index contributed by atoms with van der Waals surface area (Å²) in [6.07, 6.45) is -2.43. The summed E-state index contributed by atoms with van der Waals surface area (Å²) in [4.78, 5) is 26.6. The Bertz CT molecular complexity index is 697. The fourth-order valence-corrected chi connectivity index (χ4v) is 3.92. The molecule has 0 spiro atoms. The molecule has 146 valence electrons. The molecule has 1 aromatic rings. The number of hydrogen-bond acceptors (Lipinski definition) is 8. The summed E-state index contributed by atoms with van der Waals surface area (Å²) in [6.45, 7) is 2.36. The van der Waals surface area contributed by atoms with E-state index in [0.29, 0.717) is 0 Å². The van der Waals surface area contributed by atoms with Crippen molar-refractivity contribution in [2.24, 2.45) is 5.11 Å². The maximum Gasteiger partial charge on any atom is 0.303 e. The first kappa shape index (κ1) is 21.0. The number of nitrogens with zero attached hydrogens (tertiary/aromatic N) is 3. The van der Waals surface area contributed by atoms with Gasteiger partial charge in [-0.05, 0) is 17.7 Å². The molecule has 0 aliphatic carbocycles. The van der Waals surface area contributed by atoms with Gasteiger partial charge in [-0.15, -0.1) is 0 Å². The number of azide groups is 1. The first-order valence-electron chi connectivity index (χ1n) is 8.21. The van der Waals surface area contributed by atoms with Gasteiger partial charge in [-0.25, -0.2) is 0 Å². The lowest BCUT2D eigenvalue weighted by Gasteiger charge is -2.43. The smallest absolute Gasteiger partial charge is 0.303 e. The molecule has 0 radical (unpaired) electrons. The second kappa shape index (κ2) is 10.2. The Morgan fingerprint density at radius 2 is 1.93 bits per heavy atom. The number of carbonyl (C=O) groups excluding carboxylic acids is 2. The molecule has 1 heterocycles. The van der Waals surface area contributed by atoms with Gasteiger partial charge in [0.2, 0.25) is 0 Å². The van der Waals surface area contributed by atoms with E-state index in [4.69, 9.17) is 24.5 Å². The first-order valence-corrected chi connectivity index (χ1v) is 9.09. The van der Waals surface area contributed by atoms with E-state index < -0.39 is 41.7 Å². The fourth-order valence-electron chi connectivity index (χ4n) is 2.74. The highest BCUT2D eigenvalue weighted by Crippen LogP contribution is 2.37. The zero-order chi connectivity index (χ0) is 19.8. The van der Waals surface area contributed by atoms with Crippen LogP contribution in [0.1, 0.15) is 13.8 Å². The predicted octanol–water partition coefficient (Wildman–Crippen LogP) is 2.69. The van der Waals surface area contributed by atoms with Crippen molar-refractivity contribution in [3.63, 3.8) is 0 Å². The molecular formula is C17H21N3O6S. The fraction of sp³-hybridized carbons (Fsp3) is 0.529. The van der Waals surface area contributed by atoms with Crippen molar-refractivity contribution in [3.8, 4) is 0 Å². The summed E-state index contributed by atoms with van der Waals surface area (Å²) < 4.78 is 21.9. The lowest BCUT2D eigenvalue weighted by molar-refractivity contribution is -0.196. The van der Waals surface area contributed by atoms with E-state index in [0.717, 1.165) is 4.90 Å². The summed E-state index contributed by atoms with van der Waals surface area (Å²) >= 11 is 1.37. The molecule has 0 saturated carbocycles. The van der Waals surface area contributed by atoms with Crippen LogP contribution in [0.2, 0.25) is 0 Å². The Morgan fingerprint density at radius 3 is 2.48 bits per heavy atom. The van der Waals surface area contributed by atoms with Crippen molar-refractivity contribution in [3.05, 3.63) is 40.8 Å². The summed E-state index contributed by atoms with van der Waals surface area (Å²) in [7, 11) is 1.46. The van der Waals surface area contributed by atoms with E-state index in [1.807, 2.05) is 30.3 Å². The third kappa shape index (κ3) is 5.86.